The molecule has 0 aromatic heterocycles. The fourth-order valence-electron chi connectivity index (χ4n) is 4.27. The summed E-state index contributed by atoms with van der Waals surface area (Å²) in [4.78, 5) is 26.3. The zero-order valence-corrected chi connectivity index (χ0v) is 14.8. The predicted octanol–water partition coefficient (Wildman–Crippen LogP) is 2.45. The normalized spacial score (nSPS) is 25.0. The van der Waals surface area contributed by atoms with Crippen LogP contribution in [0.1, 0.15) is 63.5 Å². The van der Waals surface area contributed by atoms with Crippen LogP contribution in [0.15, 0.2) is 24.3 Å². The van der Waals surface area contributed by atoms with Crippen LogP contribution in [-0.4, -0.2) is 29.4 Å². The van der Waals surface area contributed by atoms with Gasteiger partial charge in [0, 0.05) is 24.3 Å². The summed E-state index contributed by atoms with van der Waals surface area (Å²) in [6.45, 7) is 2.50. The lowest BCUT2D eigenvalue weighted by Gasteiger charge is -2.47. The Morgan fingerprint density at radius 3 is 2.44 bits per heavy atom. The average molecular weight is 344 g/mol. The van der Waals surface area contributed by atoms with Crippen molar-refractivity contribution in [1.82, 2.24) is 4.90 Å². The number of benzene rings is 1. The number of aliphatic carboxylic acids is 1. The number of ether oxygens (including phenoxy) is 1. The van der Waals surface area contributed by atoms with Crippen LogP contribution in [0.2, 0.25) is 0 Å². The van der Waals surface area contributed by atoms with E-state index < -0.39 is 17.9 Å². The number of rotatable bonds is 5. The molecule has 1 amide bonds. The van der Waals surface area contributed by atoms with Crippen molar-refractivity contribution in [2.75, 3.05) is 6.61 Å². The second-order valence-corrected chi connectivity index (χ2v) is 7.00. The molecule has 25 heavy (non-hydrogen) atoms. The molecule has 1 heterocycles. The summed E-state index contributed by atoms with van der Waals surface area (Å²) in [6.07, 6.45) is 5.94. The number of amides is 1. The van der Waals surface area contributed by atoms with Crippen LogP contribution in [0, 0.1) is 5.92 Å². The van der Waals surface area contributed by atoms with Crippen molar-refractivity contribution in [2.24, 2.45) is 5.92 Å². The van der Waals surface area contributed by atoms with E-state index in [1.54, 1.807) is 0 Å². The molecule has 0 unspecified atom stereocenters. The number of hydrogen-bond acceptors (Lipinski definition) is 4. The van der Waals surface area contributed by atoms with Crippen LogP contribution in [0.5, 0.6) is 5.75 Å². The Bertz CT molecular complexity index is 607. The first-order valence-corrected chi connectivity index (χ1v) is 9.36. The number of carboxylic acid groups (broad SMARTS) is 1. The van der Waals surface area contributed by atoms with E-state index in [0.717, 1.165) is 37.0 Å². The maximum absolute atomic E-state index is 12.7. The van der Waals surface area contributed by atoms with Gasteiger partial charge in [-0.25, -0.2) is 0 Å². The molecule has 1 aliphatic carbocycles. The molecule has 5 nitrogen and oxygen atoms in total. The van der Waals surface area contributed by atoms with Crippen molar-refractivity contribution in [1.29, 1.82) is 0 Å². The standard InChI is InChI=1S/C20H27NO4/c1-2-25-16-10-8-14(9-11-16)19-17(20(23)24)12-13-18(22)21(19)15-6-4-3-5-7-15/h8-11,15,17,19H,2-7,12-13H2,1H3,(H,23,24)/p-1/t17-,19-/m0/s1. The highest BCUT2D eigenvalue weighted by Gasteiger charge is 2.41. The molecule has 1 saturated carbocycles. The molecule has 136 valence electrons. The highest BCUT2D eigenvalue weighted by atomic mass is 16.5. The molecule has 0 radical (unpaired) electrons. The molecule has 5 heteroatoms. The van der Waals surface area contributed by atoms with E-state index in [2.05, 4.69) is 0 Å². The fourth-order valence-corrected chi connectivity index (χ4v) is 4.27. The molecule has 0 bridgehead atoms. The van der Waals surface area contributed by atoms with Crippen LogP contribution in [-0.2, 0) is 9.59 Å². The van der Waals surface area contributed by atoms with Gasteiger partial charge < -0.3 is 19.5 Å². The minimum absolute atomic E-state index is 0.0725. The Hall–Kier alpha value is -2.04. The molecular formula is C20H26NO4-. The SMILES string of the molecule is CCOc1ccc([C@H]2[C@@H](C(=O)[O-])CCC(=O)N2C2CCCCC2)cc1. The van der Waals surface area contributed by atoms with E-state index >= 15 is 0 Å². The lowest BCUT2D eigenvalue weighted by molar-refractivity contribution is -0.314. The number of carbonyl (C=O) groups excluding carboxylic acids is 2. The number of piperidine rings is 1. The van der Waals surface area contributed by atoms with Crippen LogP contribution in [0.4, 0.5) is 0 Å². The Morgan fingerprint density at radius 2 is 1.84 bits per heavy atom. The molecule has 1 aliphatic heterocycles. The van der Waals surface area contributed by atoms with Crippen molar-refractivity contribution < 1.29 is 19.4 Å². The van der Waals surface area contributed by atoms with Crippen LogP contribution < -0.4 is 9.84 Å². The molecule has 1 aromatic carbocycles. The summed E-state index contributed by atoms with van der Waals surface area (Å²) in [5, 5.41) is 11.8. The average Bonchev–Trinajstić information content (AvgIpc) is 2.63. The van der Waals surface area contributed by atoms with Crippen LogP contribution in [0.25, 0.3) is 0 Å². The summed E-state index contributed by atoms with van der Waals surface area (Å²) in [5.41, 5.74) is 0.858. The molecule has 2 aliphatic rings. The van der Waals surface area contributed by atoms with Crippen molar-refractivity contribution in [3.63, 3.8) is 0 Å². The van der Waals surface area contributed by atoms with Crippen molar-refractivity contribution >= 4 is 11.9 Å². The van der Waals surface area contributed by atoms with Gasteiger partial charge in [-0.3, -0.25) is 4.79 Å². The zero-order chi connectivity index (χ0) is 17.8. The quantitative estimate of drug-likeness (QED) is 0.823. The Kier molecular flexibility index (Phi) is 5.61. The van der Waals surface area contributed by atoms with Gasteiger partial charge in [-0.15, -0.1) is 0 Å². The number of carbonyl (C=O) groups is 2. The van der Waals surface area contributed by atoms with Gasteiger partial charge in [0.25, 0.3) is 0 Å². The minimum atomic E-state index is -1.06. The van der Waals surface area contributed by atoms with Gasteiger partial charge in [0.1, 0.15) is 5.75 Å². The summed E-state index contributed by atoms with van der Waals surface area (Å²) in [6, 6.07) is 7.18. The van der Waals surface area contributed by atoms with E-state index in [9.17, 15) is 14.7 Å². The molecule has 3 rings (SSSR count). The van der Waals surface area contributed by atoms with Gasteiger partial charge >= 0.3 is 0 Å². The Balaban J connectivity index is 1.94. The van der Waals surface area contributed by atoms with E-state index in [1.807, 2.05) is 36.1 Å². The van der Waals surface area contributed by atoms with E-state index in [4.69, 9.17) is 4.74 Å². The highest BCUT2D eigenvalue weighted by Crippen LogP contribution is 2.41. The van der Waals surface area contributed by atoms with Crippen LogP contribution >= 0.6 is 0 Å². The van der Waals surface area contributed by atoms with E-state index in [-0.39, 0.29) is 11.9 Å². The summed E-state index contributed by atoms with van der Waals surface area (Å²) in [5.74, 6) is -0.893. The number of hydrogen-bond donors (Lipinski definition) is 0. The molecule has 0 N–H and O–H groups in total. The van der Waals surface area contributed by atoms with Gasteiger partial charge in [0.05, 0.1) is 12.6 Å². The first-order valence-electron chi connectivity index (χ1n) is 9.36. The Morgan fingerprint density at radius 1 is 1.16 bits per heavy atom. The van der Waals surface area contributed by atoms with Crippen molar-refractivity contribution in [2.45, 2.75) is 64.0 Å². The minimum Gasteiger partial charge on any atom is -0.550 e. The second-order valence-electron chi connectivity index (χ2n) is 7.00. The van der Waals surface area contributed by atoms with E-state index in [0.29, 0.717) is 19.4 Å². The molecule has 1 saturated heterocycles. The number of nitrogens with zero attached hydrogens (tertiary/aromatic N) is 1. The predicted molar refractivity (Wildman–Crippen MR) is 91.8 cm³/mol. The zero-order valence-electron chi connectivity index (χ0n) is 14.8. The fraction of sp³-hybridized carbons (Fsp3) is 0.600. The monoisotopic (exact) mass is 344 g/mol. The third kappa shape index (κ3) is 3.80. The molecule has 2 fully saturated rings. The molecule has 0 spiro atoms. The lowest BCUT2D eigenvalue weighted by atomic mass is 9.81. The number of likely N-dealkylation sites (tertiary alicyclic amines) is 1. The third-order valence-corrected chi connectivity index (χ3v) is 5.44. The third-order valence-electron chi connectivity index (χ3n) is 5.44. The van der Waals surface area contributed by atoms with Gasteiger partial charge in [-0.05, 0) is 43.9 Å². The highest BCUT2D eigenvalue weighted by molar-refractivity contribution is 5.81. The van der Waals surface area contributed by atoms with Crippen molar-refractivity contribution in [3.8, 4) is 5.75 Å². The van der Waals surface area contributed by atoms with Gasteiger partial charge in [-0.2, -0.15) is 0 Å². The Labute approximate surface area is 149 Å². The lowest BCUT2D eigenvalue weighted by Crippen LogP contribution is -2.53. The number of carboxylic acids is 1. The first kappa shape index (κ1) is 17.8. The summed E-state index contributed by atoms with van der Waals surface area (Å²) < 4.78 is 5.48. The maximum Gasteiger partial charge on any atom is 0.223 e. The van der Waals surface area contributed by atoms with Crippen LogP contribution in [0.3, 0.4) is 0 Å². The second kappa shape index (κ2) is 7.89. The summed E-state index contributed by atoms with van der Waals surface area (Å²) in [7, 11) is 0. The van der Waals surface area contributed by atoms with Gasteiger partial charge in [0.15, 0.2) is 0 Å². The van der Waals surface area contributed by atoms with E-state index in [1.165, 1.54) is 6.42 Å². The molecular weight excluding hydrogens is 318 g/mol. The smallest absolute Gasteiger partial charge is 0.223 e. The summed E-state index contributed by atoms with van der Waals surface area (Å²) >= 11 is 0. The molecule has 1 aromatic rings. The van der Waals surface area contributed by atoms with Gasteiger partial charge in [-0.1, -0.05) is 31.4 Å². The first-order chi connectivity index (χ1) is 12.1. The largest absolute Gasteiger partial charge is 0.550 e. The maximum atomic E-state index is 12.7. The topological polar surface area (TPSA) is 69.7 Å². The van der Waals surface area contributed by atoms with Gasteiger partial charge in [0.2, 0.25) is 5.91 Å². The molecule has 2 atom stereocenters. The van der Waals surface area contributed by atoms with Crippen molar-refractivity contribution in [3.05, 3.63) is 29.8 Å².